The fourth-order valence-corrected chi connectivity index (χ4v) is 3.43. The van der Waals surface area contributed by atoms with Gasteiger partial charge in [-0.05, 0) is 79.8 Å². The van der Waals surface area contributed by atoms with Crippen LogP contribution in [-0.2, 0) is 16.0 Å². The molecule has 1 N–H and O–H groups in total. The van der Waals surface area contributed by atoms with Crippen molar-refractivity contribution in [2.24, 2.45) is 5.92 Å². The van der Waals surface area contributed by atoms with Crippen molar-refractivity contribution in [2.45, 2.75) is 45.3 Å². The minimum Gasteiger partial charge on any atom is -0.480 e. The molecule has 1 aliphatic rings. The molecular weight excluding hydrogens is 409 g/mol. The summed E-state index contributed by atoms with van der Waals surface area (Å²) in [4.78, 5) is 25.1. The zero-order valence-corrected chi connectivity index (χ0v) is 15.7. The summed E-state index contributed by atoms with van der Waals surface area (Å²) in [5.41, 5.74) is 0.533. The van der Waals surface area contributed by atoms with Gasteiger partial charge in [-0.2, -0.15) is 0 Å². The number of carbonyl (C=O) groups is 2. The number of hydrogen-bond acceptors (Lipinski definition) is 3. The predicted molar refractivity (Wildman–Crippen MR) is 95.3 cm³/mol. The Morgan fingerprint density at radius 2 is 2.09 bits per heavy atom. The van der Waals surface area contributed by atoms with Crippen LogP contribution in [0.2, 0.25) is 0 Å². The van der Waals surface area contributed by atoms with E-state index in [9.17, 15) is 14.7 Å². The lowest BCUT2D eigenvalue weighted by atomic mass is 9.97. The first-order valence-electron chi connectivity index (χ1n) is 7.62. The van der Waals surface area contributed by atoms with Crippen molar-refractivity contribution in [1.29, 1.82) is 0 Å². The average molecular weight is 431 g/mol. The van der Waals surface area contributed by atoms with Crippen molar-refractivity contribution in [3.63, 3.8) is 0 Å². The zero-order chi connectivity index (χ0) is 17.2. The highest BCUT2D eigenvalue weighted by Crippen LogP contribution is 2.28. The molecule has 0 aromatic heterocycles. The van der Waals surface area contributed by atoms with Crippen LogP contribution in [0.4, 0.5) is 4.79 Å². The van der Waals surface area contributed by atoms with Crippen molar-refractivity contribution >= 4 is 34.7 Å². The van der Waals surface area contributed by atoms with E-state index < -0.39 is 23.7 Å². The molecule has 1 fully saturated rings. The summed E-state index contributed by atoms with van der Waals surface area (Å²) in [7, 11) is 0. The molecule has 6 heteroatoms. The second kappa shape index (κ2) is 7.07. The number of aliphatic carboxylic acids is 1. The van der Waals surface area contributed by atoms with Crippen molar-refractivity contribution in [1.82, 2.24) is 4.90 Å². The molecule has 0 spiro atoms. The third-order valence-corrected chi connectivity index (χ3v) is 4.39. The van der Waals surface area contributed by atoms with E-state index in [4.69, 9.17) is 4.74 Å². The highest BCUT2D eigenvalue weighted by molar-refractivity contribution is 14.1. The molecule has 126 valence electrons. The van der Waals surface area contributed by atoms with Crippen LogP contribution in [0.5, 0.6) is 0 Å². The van der Waals surface area contributed by atoms with Gasteiger partial charge in [0.05, 0.1) is 0 Å². The van der Waals surface area contributed by atoms with Crippen LogP contribution in [0.1, 0.15) is 32.8 Å². The highest BCUT2D eigenvalue weighted by atomic mass is 127. The third-order valence-electron chi connectivity index (χ3n) is 3.71. The molecule has 1 aromatic carbocycles. The van der Waals surface area contributed by atoms with E-state index >= 15 is 0 Å². The summed E-state index contributed by atoms with van der Waals surface area (Å²) >= 11 is 2.26. The smallest absolute Gasteiger partial charge is 0.411 e. The van der Waals surface area contributed by atoms with E-state index in [1.54, 1.807) is 20.8 Å². The first-order chi connectivity index (χ1) is 10.7. The van der Waals surface area contributed by atoms with E-state index in [-0.39, 0.29) is 5.92 Å². The molecule has 0 saturated carbocycles. The first kappa shape index (κ1) is 18.0. The largest absolute Gasteiger partial charge is 0.480 e. The summed E-state index contributed by atoms with van der Waals surface area (Å²) in [6.45, 7) is 5.75. The fraction of sp³-hybridized carbons (Fsp3) is 0.529. The maximum absolute atomic E-state index is 12.3. The predicted octanol–water partition coefficient (Wildman–Crippen LogP) is 3.54. The number of rotatable bonds is 3. The van der Waals surface area contributed by atoms with Gasteiger partial charge in [-0.15, -0.1) is 0 Å². The summed E-state index contributed by atoms with van der Waals surface area (Å²) in [6.07, 6.45) is 0.676. The van der Waals surface area contributed by atoms with Gasteiger partial charge in [0.25, 0.3) is 0 Å². The van der Waals surface area contributed by atoms with Crippen molar-refractivity contribution in [2.75, 3.05) is 6.54 Å². The summed E-state index contributed by atoms with van der Waals surface area (Å²) < 4.78 is 6.49. The molecule has 1 saturated heterocycles. The topological polar surface area (TPSA) is 66.8 Å². The molecule has 5 nitrogen and oxygen atoms in total. The van der Waals surface area contributed by atoms with E-state index in [2.05, 4.69) is 28.7 Å². The molecule has 0 radical (unpaired) electrons. The van der Waals surface area contributed by atoms with E-state index in [0.29, 0.717) is 13.0 Å². The van der Waals surface area contributed by atoms with Gasteiger partial charge in [0.1, 0.15) is 11.6 Å². The summed E-state index contributed by atoms with van der Waals surface area (Å²) in [5, 5.41) is 9.41. The Morgan fingerprint density at radius 1 is 1.39 bits per heavy atom. The Kier molecular flexibility index (Phi) is 5.54. The Labute approximate surface area is 150 Å². The van der Waals surface area contributed by atoms with E-state index in [1.165, 1.54) is 4.90 Å². The zero-order valence-electron chi connectivity index (χ0n) is 13.6. The molecular formula is C17H22INO4. The average Bonchev–Trinajstić information content (AvgIpc) is 2.81. The summed E-state index contributed by atoms with van der Waals surface area (Å²) in [6, 6.07) is 7.33. The molecule has 2 rings (SSSR count). The van der Waals surface area contributed by atoms with Gasteiger partial charge in [-0.3, -0.25) is 4.90 Å². The van der Waals surface area contributed by atoms with Gasteiger partial charge < -0.3 is 9.84 Å². The maximum Gasteiger partial charge on any atom is 0.411 e. The Morgan fingerprint density at radius 3 is 2.65 bits per heavy atom. The van der Waals surface area contributed by atoms with Gasteiger partial charge >= 0.3 is 12.1 Å². The number of carboxylic acid groups (broad SMARTS) is 1. The minimum atomic E-state index is -0.971. The van der Waals surface area contributed by atoms with E-state index in [1.807, 2.05) is 18.2 Å². The second-order valence-corrected chi connectivity index (χ2v) is 8.17. The number of likely N-dealkylation sites (tertiary alicyclic amines) is 1. The van der Waals surface area contributed by atoms with Gasteiger partial charge in [-0.25, -0.2) is 9.59 Å². The van der Waals surface area contributed by atoms with Crippen LogP contribution in [-0.4, -0.2) is 40.3 Å². The number of amides is 1. The van der Waals surface area contributed by atoms with Crippen LogP contribution >= 0.6 is 22.6 Å². The molecule has 1 amide bonds. The molecule has 0 unspecified atom stereocenters. The van der Waals surface area contributed by atoms with Gasteiger partial charge in [0.15, 0.2) is 0 Å². The van der Waals surface area contributed by atoms with Crippen molar-refractivity contribution in [3.8, 4) is 0 Å². The number of carboxylic acids is 1. The van der Waals surface area contributed by atoms with Gasteiger partial charge in [0, 0.05) is 10.1 Å². The summed E-state index contributed by atoms with van der Waals surface area (Å²) in [5.74, 6) is -0.845. The molecule has 2 atom stereocenters. The van der Waals surface area contributed by atoms with Crippen molar-refractivity contribution < 1.29 is 19.4 Å². The SMILES string of the molecule is CC(C)(C)OC(=O)N1C[C@@H](Cc2cccc(I)c2)C[C@@H]1C(=O)O. The minimum absolute atomic E-state index is 0.127. The van der Waals surface area contributed by atoms with Crippen LogP contribution in [0.15, 0.2) is 24.3 Å². The van der Waals surface area contributed by atoms with Gasteiger partial charge in [-0.1, -0.05) is 12.1 Å². The number of hydrogen-bond donors (Lipinski definition) is 1. The standard InChI is InChI=1S/C17H22INO4/c1-17(2,3)23-16(22)19-10-12(9-14(19)15(20)21)7-11-5-4-6-13(18)8-11/h4-6,8,12,14H,7,9-10H2,1-3H3,(H,20,21)/t12-,14+/m0/s1. The lowest BCUT2D eigenvalue weighted by molar-refractivity contribution is -0.142. The second-order valence-electron chi connectivity index (χ2n) is 6.92. The fourth-order valence-electron chi connectivity index (χ4n) is 2.82. The Bertz CT molecular complexity index is 597. The molecule has 1 aliphatic heterocycles. The number of benzene rings is 1. The molecule has 1 aromatic rings. The molecule has 0 bridgehead atoms. The van der Waals surface area contributed by atoms with Crippen LogP contribution in [0, 0.1) is 9.49 Å². The molecule has 0 aliphatic carbocycles. The third kappa shape index (κ3) is 5.09. The molecule has 23 heavy (non-hydrogen) atoms. The van der Waals surface area contributed by atoms with E-state index in [0.717, 1.165) is 15.6 Å². The number of carbonyl (C=O) groups excluding carboxylic acids is 1. The molecule has 1 heterocycles. The lowest BCUT2D eigenvalue weighted by Crippen LogP contribution is -2.43. The quantitative estimate of drug-likeness (QED) is 0.744. The number of ether oxygens (including phenoxy) is 1. The Balaban J connectivity index is 2.08. The van der Waals surface area contributed by atoms with Gasteiger partial charge in [0.2, 0.25) is 0 Å². The van der Waals surface area contributed by atoms with Crippen LogP contribution < -0.4 is 0 Å². The van der Waals surface area contributed by atoms with Crippen LogP contribution in [0.25, 0.3) is 0 Å². The Hall–Kier alpha value is -1.31. The monoisotopic (exact) mass is 431 g/mol. The highest BCUT2D eigenvalue weighted by Gasteiger charge is 2.41. The first-order valence-corrected chi connectivity index (χ1v) is 8.70. The number of nitrogens with zero attached hydrogens (tertiary/aromatic N) is 1. The van der Waals surface area contributed by atoms with Crippen molar-refractivity contribution in [3.05, 3.63) is 33.4 Å². The normalized spacial score (nSPS) is 21.3. The number of halogens is 1. The lowest BCUT2D eigenvalue weighted by Gasteiger charge is -2.26. The van der Waals surface area contributed by atoms with Crippen LogP contribution in [0.3, 0.4) is 0 Å². The maximum atomic E-state index is 12.3.